The zero-order valence-corrected chi connectivity index (χ0v) is 13.7. The molecule has 1 unspecified atom stereocenters. The van der Waals surface area contributed by atoms with Gasteiger partial charge in [0, 0.05) is 13.0 Å². The van der Waals surface area contributed by atoms with Crippen molar-refractivity contribution in [2.45, 2.75) is 38.3 Å². The van der Waals surface area contributed by atoms with E-state index < -0.39 is 5.54 Å². The molecule has 1 fully saturated rings. The molecule has 0 saturated heterocycles. The number of aryl methyl sites for hydroxylation is 1. The summed E-state index contributed by atoms with van der Waals surface area (Å²) in [6, 6.07) is 6.64. The molecule has 1 aromatic carbocycles. The lowest BCUT2D eigenvalue weighted by Crippen LogP contribution is -2.53. The molecule has 1 heterocycles. The molecule has 1 atom stereocenters. The van der Waals surface area contributed by atoms with Crippen molar-refractivity contribution in [1.82, 2.24) is 15.1 Å². The van der Waals surface area contributed by atoms with Crippen molar-refractivity contribution < 1.29 is 4.79 Å². The number of hydrogen-bond donors (Lipinski definition) is 3. The number of hydrogen-bond acceptors (Lipinski definition) is 4. The summed E-state index contributed by atoms with van der Waals surface area (Å²) in [5.74, 6) is 0.255. The molecule has 1 aliphatic carbocycles. The minimum atomic E-state index is -0.390. The molecule has 0 bridgehead atoms. The van der Waals surface area contributed by atoms with Crippen LogP contribution in [0, 0.1) is 5.92 Å². The maximum atomic E-state index is 12.4. The Kier molecular flexibility index (Phi) is 4.28. The summed E-state index contributed by atoms with van der Waals surface area (Å²) in [7, 11) is 0. The largest absolute Gasteiger partial charge is 0.349 e. The van der Waals surface area contributed by atoms with E-state index >= 15 is 0 Å². The number of nitrogens with two attached hydrogens (primary N) is 1. The molecule has 128 valence electrons. The second kappa shape index (κ2) is 6.24. The number of nitrogens with one attached hydrogen (secondary N) is 2. The Hall–Kier alpha value is -2.41. The molecule has 1 saturated carbocycles. The molecule has 7 heteroatoms. The number of benzene rings is 1. The highest BCUT2D eigenvalue weighted by atomic mass is 16.2. The predicted octanol–water partition coefficient (Wildman–Crippen LogP) is 0.324. The topological polar surface area (TPSA) is 110 Å². The summed E-state index contributed by atoms with van der Waals surface area (Å²) in [5.41, 5.74) is 4.76. The SMILES string of the molecule is CC(CN)(NC(=O)CCn1[nH]c(=O)c2ccccc2c1=O)C1CC1. The van der Waals surface area contributed by atoms with Crippen LogP contribution in [0.25, 0.3) is 10.8 Å². The van der Waals surface area contributed by atoms with E-state index in [0.29, 0.717) is 23.2 Å². The normalized spacial score (nSPS) is 16.8. The number of carbonyl (C=O) groups excluding carboxylic acids is 1. The molecule has 1 aromatic heterocycles. The van der Waals surface area contributed by atoms with Crippen LogP contribution in [0.5, 0.6) is 0 Å². The number of carbonyl (C=O) groups is 1. The second-order valence-electron chi connectivity index (χ2n) is 6.64. The van der Waals surface area contributed by atoms with Crippen LogP contribution in [-0.4, -0.2) is 27.8 Å². The number of H-pyrrole nitrogens is 1. The Balaban J connectivity index is 1.74. The maximum Gasteiger partial charge on any atom is 0.273 e. The molecule has 0 aliphatic heterocycles. The van der Waals surface area contributed by atoms with Gasteiger partial charge in [-0.25, -0.2) is 4.68 Å². The molecular formula is C17H22N4O3. The van der Waals surface area contributed by atoms with Crippen molar-refractivity contribution in [1.29, 1.82) is 0 Å². The highest BCUT2D eigenvalue weighted by Gasteiger charge is 2.41. The number of rotatable bonds is 6. The summed E-state index contributed by atoms with van der Waals surface area (Å²) in [5, 5.41) is 6.21. The summed E-state index contributed by atoms with van der Waals surface area (Å²) in [6.45, 7) is 2.46. The summed E-state index contributed by atoms with van der Waals surface area (Å²) < 4.78 is 1.20. The third-order valence-electron chi connectivity index (χ3n) is 4.77. The number of fused-ring (bicyclic) bond motifs is 1. The molecular weight excluding hydrogens is 308 g/mol. The lowest BCUT2D eigenvalue weighted by Gasteiger charge is -2.29. The van der Waals surface area contributed by atoms with E-state index in [0.717, 1.165) is 12.8 Å². The first kappa shape index (κ1) is 16.4. The van der Waals surface area contributed by atoms with Crippen molar-refractivity contribution in [2.75, 3.05) is 6.54 Å². The van der Waals surface area contributed by atoms with Gasteiger partial charge in [-0.1, -0.05) is 12.1 Å². The average Bonchev–Trinajstić information content (AvgIpc) is 3.42. The maximum absolute atomic E-state index is 12.4. The van der Waals surface area contributed by atoms with E-state index in [1.807, 2.05) is 6.92 Å². The van der Waals surface area contributed by atoms with Crippen molar-refractivity contribution in [2.24, 2.45) is 11.7 Å². The van der Waals surface area contributed by atoms with Gasteiger partial charge in [0.1, 0.15) is 0 Å². The van der Waals surface area contributed by atoms with Gasteiger partial charge < -0.3 is 11.1 Å². The van der Waals surface area contributed by atoms with Gasteiger partial charge in [0.05, 0.1) is 22.9 Å². The lowest BCUT2D eigenvalue weighted by molar-refractivity contribution is -0.123. The first-order valence-electron chi connectivity index (χ1n) is 8.17. The summed E-state index contributed by atoms with van der Waals surface area (Å²) >= 11 is 0. The van der Waals surface area contributed by atoms with Crippen molar-refractivity contribution in [3.05, 3.63) is 45.0 Å². The van der Waals surface area contributed by atoms with Gasteiger partial charge in [-0.2, -0.15) is 0 Å². The molecule has 24 heavy (non-hydrogen) atoms. The van der Waals surface area contributed by atoms with E-state index in [1.165, 1.54) is 4.68 Å². The Morgan fingerprint density at radius 2 is 2.00 bits per heavy atom. The van der Waals surface area contributed by atoms with Crippen LogP contribution in [0.4, 0.5) is 0 Å². The van der Waals surface area contributed by atoms with Crippen LogP contribution in [0.1, 0.15) is 26.2 Å². The first-order valence-corrected chi connectivity index (χ1v) is 8.17. The van der Waals surface area contributed by atoms with Gasteiger partial charge in [-0.05, 0) is 37.8 Å². The highest BCUT2D eigenvalue weighted by molar-refractivity contribution is 5.80. The second-order valence-corrected chi connectivity index (χ2v) is 6.64. The molecule has 4 N–H and O–H groups in total. The quantitative estimate of drug-likeness (QED) is 0.708. The van der Waals surface area contributed by atoms with E-state index in [9.17, 15) is 14.4 Å². The molecule has 2 aromatic rings. The van der Waals surface area contributed by atoms with Crippen LogP contribution in [0.15, 0.2) is 33.9 Å². The van der Waals surface area contributed by atoms with Crippen LogP contribution < -0.4 is 22.2 Å². The summed E-state index contributed by atoms with van der Waals surface area (Å²) in [4.78, 5) is 36.6. The Labute approximate surface area is 138 Å². The monoisotopic (exact) mass is 330 g/mol. The fourth-order valence-corrected chi connectivity index (χ4v) is 3.04. The van der Waals surface area contributed by atoms with E-state index in [2.05, 4.69) is 10.4 Å². The summed E-state index contributed by atoms with van der Waals surface area (Å²) in [6.07, 6.45) is 2.26. The fraction of sp³-hybridized carbons (Fsp3) is 0.471. The lowest BCUT2D eigenvalue weighted by atomic mass is 9.96. The third-order valence-corrected chi connectivity index (χ3v) is 4.77. The zero-order chi connectivity index (χ0) is 17.3. The van der Waals surface area contributed by atoms with E-state index in [4.69, 9.17) is 5.73 Å². The fourth-order valence-electron chi connectivity index (χ4n) is 3.04. The Morgan fingerprint density at radius 1 is 1.33 bits per heavy atom. The van der Waals surface area contributed by atoms with Gasteiger partial charge in [0.2, 0.25) is 5.91 Å². The molecule has 0 spiro atoms. The minimum absolute atomic E-state index is 0.108. The number of nitrogens with zero attached hydrogens (tertiary/aromatic N) is 1. The Bertz CT molecular complexity index is 881. The number of amides is 1. The van der Waals surface area contributed by atoms with Crippen LogP contribution in [0.3, 0.4) is 0 Å². The standard InChI is InChI=1S/C17H22N4O3/c1-17(10-18,11-6-7-11)19-14(22)8-9-21-16(24)13-5-3-2-4-12(13)15(23)20-21/h2-5,11H,6-10,18H2,1H3,(H,19,22)(H,20,23). The highest BCUT2D eigenvalue weighted by Crippen LogP contribution is 2.38. The minimum Gasteiger partial charge on any atom is -0.349 e. The first-order chi connectivity index (χ1) is 11.4. The molecule has 1 aliphatic rings. The molecule has 0 radical (unpaired) electrons. The van der Waals surface area contributed by atoms with Gasteiger partial charge in [-0.15, -0.1) is 0 Å². The number of aromatic amines is 1. The van der Waals surface area contributed by atoms with Crippen LogP contribution >= 0.6 is 0 Å². The predicted molar refractivity (Wildman–Crippen MR) is 91.8 cm³/mol. The van der Waals surface area contributed by atoms with Crippen LogP contribution in [-0.2, 0) is 11.3 Å². The van der Waals surface area contributed by atoms with Crippen molar-refractivity contribution >= 4 is 16.7 Å². The third kappa shape index (κ3) is 3.12. The van der Waals surface area contributed by atoms with Gasteiger partial charge in [0.25, 0.3) is 11.1 Å². The van der Waals surface area contributed by atoms with Crippen molar-refractivity contribution in [3.63, 3.8) is 0 Å². The average molecular weight is 330 g/mol. The van der Waals surface area contributed by atoms with Gasteiger partial charge in [0.15, 0.2) is 0 Å². The van der Waals surface area contributed by atoms with Crippen LogP contribution in [0.2, 0.25) is 0 Å². The zero-order valence-electron chi connectivity index (χ0n) is 13.7. The molecule has 3 rings (SSSR count). The van der Waals surface area contributed by atoms with Gasteiger partial charge >= 0.3 is 0 Å². The van der Waals surface area contributed by atoms with E-state index in [-0.39, 0.29) is 30.0 Å². The van der Waals surface area contributed by atoms with E-state index in [1.54, 1.807) is 24.3 Å². The van der Waals surface area contributed by atoms with Gasteiger partial charge in [-0.3, -0.25) is 19.5 Å². The molecule has 7 nitrogen and oxygen atoms in total. The number of aromatic nitrogens is 2. The smallest absolute Gasteiger partial charge is 0.273 e. The molecule has 1 amide bonds. The Morgan fingerprint density at radius 3 is 2.62 bits per heavy atom. The van der Waals surface area contributed by atoms with Crippen molar-refractivity contribution in [3.8, 4) is 0 Å².